The standard InChI is InChI=1S/C13H12ClNO4S/c1-8(13(16)17)15-20(18,19)12-7-3-4-9-10(12)5-2-6-11(9)14/h2-8,15H,1H3,(H,16,17)/t8-/m0/s1. The van der Waals surface area contributed by atoms with Crippen LogP contribution in [0.3, 0.4) is 0 Å². The first kappa shape index (κ1) is 14.8. The monoisotopic (exact) mass is 313 g/mol. The van der Waals surface area contributed by atoms with Gasteiger partial charge in [0.2, 0.25) is 10.0 Å². The lowest BCUT2D eigenvalue weighted by Crippen LogP contribution is -2.38. The van der Waals surface area contributed by atoms with Gasteiger partial charge in [-0.3, -0.25) is 4.79 Å². The topological polar surface area (TPSA) is 83.5 Å². The van der Waals surface area contributed by atoms with Gasteiger partial charge < -0.3 is 5.11 Å². The van der Waals surface area contributed by atoms with Crippen molar-refractivity contribution in [1.82, 2.24) is 4.72 Å². The van der Waals surface area contributed by atoms with E-state index in [0.29, 0.717) is 15.8 Å². The number of benzene rings is 2. The van der Waals surface area contributed by atoms with Gasteiger partial charge in [-0.2, -0.15) is 4.72 Å². The number of halogens is 1. The minimum absolute atomic E-state index is 0.00519. The van der Waals surface area contributed by atoms with E-state index in [-0.39, 0.29) is 4.90 Å². The van der Waals surface area contributed by atoms with Crippen molar-refractivity contribution < 1.29 is 18.3 Å². The molecule has 0 radical (unpaired) electrons. The number of carboxylic acids is 1. The van der Waals surface area contributed by atoms with E-state index in [4.69, 9.17) is 16.7 Å². The minimum Gasteiger partial charge on any atom is -0.480 e. The zero-order valence-corrected chi connectivity index (χ0v) is 12.1. The lowest BCUT2D eigenvalue weighted by atomic mass is 10.1. The second-order valence-corrected chi connectivity index (χ2v) is 6.36. The summed E-state index contributed by atoms with van der Waals surface area (Å²) in [6, 6.07) is 8.40. The molecular weight excluding hydrogens is 302 g/mol. The molecule has 2 aromatic rings. The molecule has 0 aliphatic rings. The molecule has 0 aliphatic carbocycles. The fraction of sp³-hybridized carbons (Fsp3) is 0.154. The van der Waals surface area contributed by atoms with Gasteiger partial charge in [-0.15, -0.1) is 0 Å². The summed E-state index contributed by atoms with van der Waals surface area (Å²) >= 11 is 6.03. The first-order valence-electron chi connectivity index (χ1n) is 5.75. The van der Waals surface area contributed by atoms with Crippen LogP contribution in [0.1, 0.15) is 6.92 Å². The summed E-state index contributed by atoms with van der Waals surface area (Å²) < 4.78 is 26.6. The number of carbonyl (C=O) groups is 1. The van der Waals surface area contributed by atoms with Gasteiger partial charge in [0.25, 0.3) is 0 Å². The fourth-order valence-corrected chi connectivity index (χ4v) is 3.48. The van der Waals surface area contributed by atoms with E-state index in [1.54, 1.807) is 30.3 Å². The van der Waals surface area contributed by atoms with Crippen LogP contribution in [0.15, 0.2) is 41.3 Å². The number of aliphatic carboxylic acids is 1. The third-order valence-corrected chi connectivity index (χ3v) is 4.75. The Morgan fingerprint density at radius 3 is 2.45 bits per heavy atom. The highest BCUT2D eigenvalue weighted by Crippen LogP contribution is 2.28. The van der Waals surface area contributed by atoms with Gasteiger partial charge >= 0.3 is 5.97 Å². The van der Waals surface area contributed by atoms with Gasteiger partial charge in [-0.1, -0.05) is 35.9 Å². The Hall–Kier alpha value is -1.63. The van der Waals surface area contributed by atoms with Crippen LogP contribution >= 0.6 is 11.6 Å². The Bertz CT molecular complexity index is 773. The van der Waals surface area contributed by atoms with Crippen molar-refractivity contribution in [2.75, 3.05) is 0 Å². The largest absolute Gasteiger partial charge is 0.480 e. The summed E-state index contributed by atoms with van der Waals surface area (Å²) in [4.78, 5) is 10.8. The summed E-state index contributed by atoms with van der Waals surface area (Å²) in [5, 5.41) is 10.3. The molecule has 2 rings (SSSR count). The number of rotatable bonds is 4. The minimum atomic E-state index is -3.94. The molecule has 5 nitrogen and oxygen atoms in total. The van der Waals surface area contributed by atoms with Gasteiger partial charge in [0.15, 0.2) is 0 Å². The molecule has 1 atom stereocenters. The highest BCUT2D eigenvalue weighted by molar-refractivity contribution is 7.89. The zero-order chi connectivity index (χ0) is 14.9. The number of carboxylic acid groups (broad SMARTS) is 1. The SMILES string of the molecule is C[C@H](NS(=O)(=O)c1cccc2c(Cl)cccc12)C(=O)O. The maximum absolute atomic E-state index is 12.3. The van der Waals surface area contributed by atoms with E-state index in [0.717, 1.165) is 0 Å². The van der Waals surface area contributed by atoms with E-state index >= 15 is 0 Å². The van der Waals surface area contributed by atoms with Crippen molar-refractivity contribution in [3.63, 3.8) is 0 Å². The molecule has 0 aliphatic heterocycles. The van der Waals surface area contributed by atoms with Crippen molar-refractivity contribution in [2.24, 2.45) is 0 Å². The first-order valence-corrected chi connectivity index (χ1v) is 7.61. The molecule has 0 unspecified atom stereocenters. The van der Waals surface area contributed by atoms with E-state index < -0.39 is 22.0 Å². The molecule has 0 fully saturated rings. The average Bonchev–Trinajstić information content (AvgIpc) is 2.38. The number of hydrogen-bond acceptors (Lipinski definition) is 3. The van der Waals surface area contributed by atoms with Crippen LogP contribution in [0.25, 0.3) is 10.8 Å². The third kappa shape index (κ3) is 2.77. The van der Waals surface area contributed by atoms with Crippen molar-refractivity contribution in [3.8, 4) is 0 Å². The third-order valence-electron chi connectivity index (χ3n) is 2.82. The van der Waals surface area contributed by atoms with Crippen molar-refractivity contribution in [1.29, 1.82) is 0 Å². The van der Waals surface area contributed by atoms with Crippen LogP contribution in [-0.2, 0) is 14.8 Å². The lowest BCUT2D eigenvalue weighted by Gasteiger charge is -2.12. The van der Waals surface area contributed by atoms with E-state index in [9.17, 15) is 13.2 Å². The molecule has 7 heteroatoms. The van der Waals surface area contributed by atoms with Crippen LogP contribution in [0.5, 0.6) is 0 Å². The van der Waals surface area contributed by atoms with Gasteiger partial charge in [0.05, 0.1) is 4.90 Å². The summed E-state index contributed by atoms with van der Waals surface area (Å²) in [5.41, 5.74) is 0. The Balaban J connectivity index is 2.58. The summed E-state index contributed by atoms with van der Waals surface area (Å²) in [6.07, 6.45) is 0. The maximum Gasteiger partial charge on any atom is 0.321 e. The Kier molecular flexibility index (Phi) is 3.99. The van der Waals surface area contributed by atoms with Crippen molar-refractivity contribution >= 4 is 38.4 Å². The Labute approximate surface area is 121 Å². The normalized spacial score (nSPS) is 13.3. The van der Waals surface area contributed by atoms with Crippen LogP contribution in [-0.4, -0.2) is 25.5 Å². The molecule has 0 bridgehead atoms. The second-order valence-electron chi connectivity index (χ2n) is 4.27. The van der Waals surface area contributed by atoms with E-state index in [1.807, 2.05) is 0 Å². The quantitative estimate of drug-likeness (QED) is 0.906. The Morgan fingerprint density at radius 2 is 1.80 bits per heavy atom. The summed E-state index contributed by atoms with van der Waals surface area (Å²) in [5.74, 6) is -1.24. The molecule has 0 saturated carbocycles. The van der Waals surface area contributed by atoms with Crippen LogP contribution < -0.4 is 4.72 Å². The molecule has 20 heavy (non-hydrogen) atoms. The van der Waals surface area contributed by atoms with Gasteiger partial charge in [0.1, 0.15) is 6.04 Å². The molecule has 0 aromatic heterocycles. The highest BCUT2D eigenvalue weighted by atomic mass is 35.5. The highest BCUT2D eigenvalue weighted by Gasteiger charge is 2.23. The molecular formula is C13H12ClNO4S. The van der Waals surface area contributed by atoms with Crippen LogP contribution in [0.4, 0.5) is 0 Å². The predicted molar refractivity (Wildman–Crippen MR) is 76.4 cm³/mol. The molecule has 106 valence electrons. The molecule has 2 aromatic carbocycles. The number of sulfonamides is 1. The first-order chi connectivity index (χ1) is 9.33. The summed E-state index contributed by atoms with van der Waals surface area (Å²) in [7, 11) is -3.94. The maximum atomic E-state index is 12.3. The van der Waals surface area contributed by atoms with Gasteiger partial charge in [-0.05, 0) is 19.1 Å². The predicted octanol–water partition coefficient (Wildman–Crippen LogP) is 2.24. The molecule has 0 saturated heterocycles. The van der Waals surface area contributed by atoms with Crippen molar-refractivity contribution in [2.45, 2.75) is 17.9 Å². The van der Waals surface area contributed by atoms with Crippen LogP contribution in [0, 0.1) is 0 Å². The molecule has 0 amide bonds. The average molecular weight is 314 g/mol. The lowest BCUT2D eigenvalue weighted by molar-refractivity contribution is -0.138. The summed E-state index contributed by atoms with van der Waals surface area (Å²) in [6.45, 7) is 1.26. The number of nitrogens with one attached hydrogen (secondary N) is 1. The Morgan fingerprint density at radius 1 is 1.20 bits per heavy atom. The second kappa shape index (κ2) is 5.40. The van der Waals surface area contributed by atoms with Crippen LogP contribution in [0.2, 0.25) is 5.02 Å². The zero-order valence-electron chi connectivity index (χ0n) is 10.5. The molecule has 2 N–H and O–H groups in total. The van der Waals surface area contributed by atoms with E-state index in [2.05, 4.69) is 4.72 Å². The smallest absolute Gasteiger partial charge is 0.321 e. The van der Waals surface area contributed by atoms with Gasteiger partial charge in [-0.25, -0.2) is 8.42 Å². The molecule has 0 heterocycles. The molecule has 0 spiro atoms. The van der Waals surface area contributed by atoms with E-state index in [1.165, 1.54) is 13.0 Å². The number of fused-ring (bicyclic) bond motifs is 1. The van der Waals surface area contributed by atoms with Crippen molar-refractivity contribution in [3.05, 3.63) is 41.4 Å². The number of hydrogen-bond donors (Lipinski definition) is 2. The fourth-order valence-electron chi connectivity index (χ4n) is 1.82. The van der Waals surface area contributed by atoms with Gasteiger partial charge in [0, 0.05) is 15.8 Å².